The third-order valence-corrected chi connectivity index (χ3v) is 5.16. The predicted octanol–water partition coefficient (Wildman–Crippen LogP) is 2.67. The van der Waals surface area contributed by atoms with Crippen LogP contribution in [0, 0.1) is 11.2 Å². The molecule has 1 saturated carbocycles. The summed E-state index contributed by atoms with van der Waals surface area (Å²) in [6.07, 6.45) is 7.62. The number of aromatic nitrogens is 2. The summed E-state index contributed by atoms with van der Waals surface area (Å²) in [6.45, 7) is 4.12. The summed E-state index contributed by atoms with van der Waals surface area (Å²) in [5.74, 6) is -0.170. The zero-order chi connectivity index (χ0) is 15.7. The van der Waals surface area contributed by atoms with Gasteiger partial charge in [0.15, 0.2) is 0 Å². The second-order valence-electron chi connectivity index (χ2n) is 6.99. The van der Waals surface area contributed by atoms with Gasteiger partial charge in [-0.15, -0.1) is 0 Å². The highest BCUT2D eigenvalue weighted by Crippen LogP contribution is 2.46. The predicted molar refractivity (Wildman–Crippen MR) is 88.9 cm³/mol. The van der Waals surface area contributed by atoms with E-state index in [1.165, 1.54) is 12.8 Å². The summed E-state index contributed by atoms with van der Waals surface area (Å²) >= 11 is 0. The first kappa shape index (κ1) is 14.7. The van der Waals surface area contributed by atoms with Crippen molar-refractivity contribution in [1.82, 2.24) is 15.1 Å². The van der Waals surface area contributed by atoms with Crippen molar-refractivity contribution in [2.24, 2.45) is 5.41 Å². The van der Waals surface area contributed by atoms with Gasteiger partial charge < -0.3 is 10.2 Å². The topological polar surface area (TPSA) is 33.1 Å². The third-order valence-electron chi connectivity index (χ3n) is 5.16. The van der Waals surface area contributed by atoms with Gasteiger partial charge in [0.1, 0.15) is 5.82 Å². The Labute approximate surface area is 136 Å². The van der Waals surface area contributed by atoms with E-state index in [1.807, 2.05) is 35.3 Å². The zero-order valence-corrected chi connectivity index (χ0v) is 13.3. The highest BCUT2D eigenvalue weighted by molar-refractivity contribution is 5.47. The number of anilines is 1. The molecule has 4 rings (SSSR count). The van der Waals surface area contributed by atoms with Crippen LogP contribution in [0.3, 0.4) is 0 Å². The van der Waals surface area contributed by atoms with Crippen LogP contribution in [0.25, 0.3) is 0 Å². The first-order valence-electron chi connectivity index (χ1n) is 8.44. The Balaban J connectivity index is 1.28. The molecule has 1 N–H and O–H groups in total. The number of halogens is 1. The van der Waals surface area contributed by atoms with Crippen LogP contribution in [-0.2, 0) is 6.54 Å². The van der Waals surface area contributed by atoms with Crippen LogP contribution in [0.4, 0.5) is 10.1 Å². The van der Waals surface area contributed by atoms with Crippen molar-refractivity contribution in [2.45, 2.75) is 31.8 Å². The van der Waals surface area contributed by atoms with E-state index in [0.29, 0.717) is 11.5 Å². The molecule has 0 spiro atoms. The molecule has 1 saturated heterocycles. The summed E-state index contributed by atoms with van der Waals surface area (Å²) in [4.78, 5) is 2.34. The van der Waals surface area contributed by atoms with E-state index in [-0.39, 0.29) is 5.82 Å². The van der Waals surface area contributed by atoms with Crippen molar-refractivity contribution < 1.29 is 4.39 Å². The minimum Gasteiger partial charge on any atom is -0.370 e. The van der Waals surface area contributed by atoms with Gasteiger partial charge >= 0.3 is 0 Å². The monoisotopic (exact) mass is 314 g/mol. The van der Waals surface area contributed by atoms with Crippen LogP contribution in [0.1, 0.15) is 19.3 Å². The lowest BCUT2D eigenvalue weighted by atomic mass is 10.1. The van der Waals surface area contributed by atoms with Crippen LogP contribution in [0.5, 0.6) is 0 Å². The molecule has 1 atom stereocenters. The summed E-state index contributed by atoms with van der Waals surface area (Å²) in [5, 5.41) is 8.08. The molecule has 2 heterocycles. The van der Waals surface area contributed by atoms with Crippen LogP contribution in [-0.4, -0.2) is 35.5 Å². The molecular weight excluding hydrogens is 291 g/mol. The highest BCUT2D eigenvalue weighted by atomic mass is 19.1. The molecule has 1 aromatic carbocycles. The Morgan fingerprint density at radius 2 is 2.09 bits per heavy atom. The molecule has 2 fully saturated rings. The molecule has 0 unspecified atom stereocenters. The second-order valence-corrected chi connectivity index (χ2v) is 6.99. The molecule has 1 aromatic heterocycles. The Hall–Kier alpha value is -1.88. The van der Waals surface area contributed by atoms with E-state index in [4.69, 9.17) is 0 Å². The maximum Gasteiger partial charge on any atom is 0.123 e. The fourth-order valence-corrected chi connectivity index (χ4v) is 3.48. The van der Waals surface area contributed by atoms with E-state index in [0.717, 1.165) is 38.3 Å². The maximum absolute atomic E-state index is 13.0. The van der Waals surface area contributed by atoms with Gasteiger partial charge in [-0.3, -0.25) is 4.68 Å². The van der Waals surface area contributed by atoms with E-state index in [2.05, 4.69) is 15.3 Å². The molecule has 1 aliphatic carbocycles. The first-order chi connectivity index (χ1) is 11.2. The Morgan fingerprint density at radius 3 is 2.78 bits per heavy atom. The van der Waals surface area contributed by atoms with Gasteiger partial charge in [0.05, 0.1) is 0 Å². The number of benzene rings is 1. The van der Waals surface area contributed by atoms with Gasteiger partial charge in [-0.25, -0.2) is 4.39 Å². The van der Waals surface area contributed by atoms with E-state index in [9.17, 15) is 4.39 Å². The second kappa shape index (κ2) is 5.96. The summed E-state index contributed by atoms with van der Waals surface area (Å²) in [5.41, 5.74) is 1.52. The largest absolute Gasteiger partial charge is 0.370 e. The first-order valence-corrected chi connectivity index (χ1v) is 8.44. The highest BCUT2D eigenvalue weighted by Gasteiger charge is 2.43. The third kappa shape index (κ3) is 3.39. The van der Waals surface area contributed by atoms with Crippen LogP contribution in [0.15, 0.2) is 42.7 Å². The molecule has 122 valence electrons. The van der Waals surface area contributed by atoms with Gasteiger partial charge in [0, 0.05) is 55.7 Å². The number of hydrogen-bond acceptors (Lipinski definition) is 3. The molecule has 2 aromatic rings. The molecule has 2 aliphatic rings. The van der Waals surface area contributed by atoms with Crippen molar-refractivity contribution in [3.63, 3.8) is 0 Å². The number of rotatable bonds is 6. The van der Waals surface area contributed by atoms with E-state index >= 15 is 0 Å². The Morgan fingerprint density at radius 1 is 1.26 bits per heavy atom. The van der Waals surface area contributed by atoms with Crippen LogP contribution < -0.4 is 10.2 Å². The molecule has 23 heavy (non-hydrogen) atoms. The van der Waals surface area contributed by atoms with Crippen molar-refractivity contribution in [1.29, 1.82) is 0 Å². The fourth-order valence-electron chi connectivity index (χ4n) is 3.48. The van der Waals surface area contributed by atoms with Gasteiger partial charge in [-0.2, -0.15) is 5.10 Å². The van der Waals surface area contributed by atoms with Crippen molar-refractivity contribution in [3.05, 3.63) is 48.5 Å². The molecule has 0 amide bonds. The minimum absolute atomic E-state index is 0.170. The molecule has 0 radical (unpaired) electrons. The Bertz CT molecular complexity index is 634. The van der Waals surface area contributed by atoms with Gasteiger partial charge in [-0.05, 0) is 49.6 Å². The normalized spacial score (nSPS) is 22.5. The zero-order valence-electron chi connectivity index (χ0n) is 13.3. The van der Waals surface area contributed by atoms with Crippen molar-refractivity contribution >= 4 is 5.69 Å². The molecule has 5 heteroatoms. The SMILES string of the molecule is Fc1ccc(N2CC[C@H](NCC3(Cn4cccn4)CC3)C2)cc1. The van der Waals surface area contributed by atoms with Crippen LogP contribution >= 0.6 is 0 Å². The molecule has 4 nitrogen and oxygen atoms in total. The minimum atomic E-state index is -0.170. The summed E-state index contributed by atoms with van der Waals surface area (Å²) in [6, 6.07) is 9.34. The number of nitrogens with one attached hydrogen (secondary N) is 1. The molecular formula is C18H23FN4. The smallest absolute Gasteiger partial charge is 0.123 e. The lowest BCUT2D eigenvalue weighted by molar-refractivity contribution is 0.356. The average Bonchev–Trinajstić information content (AvgIpc) is 2.96. The van der Waals surface area contributed by atoms with Gasteiger partial charge in [-0.1, -0.05) is 0 Å². The van der Waals surface area contributed by atoms with E-state index in [1.54, 1.807) is 12.1 Å². The molecule has 0 bridgehead atoms. The van der Waals surface area contributed by atoms with Crippen molar-refractivity contribution in [3.8, 4) is 0 Å². The average molecular weight is 314 g/mol. The summed E-state index contributed by atoms with van der Waals surface area (Å²) < 4.78 is 15.1. The van der Waals surface area contributed by atoms with Crippen molar-refractivity contribution in [2.75, 3.05) is 24.5 Å². The molecule has 1 aliphatic heterocycles. The van der Waals surface area contributed by atoms with Gasteiger partial charge in [0.25, 0.3) is 0 Å². The van der Waals surface area contributed by atoms with Crippen LogP contribution in [0.2, 0.25) is 0 Å². The standard InChI is InChI=1S/C18H23FN4/c19-15-2-4-17(5-3-15)22-11-6-16(12-22)20-13-18(7-8-18)14-23-10-1-9-21-23/h1-5,9-10,16,20H,6-8,11-14H2/t16-/m0/s1. The van der Waals surface area contributed by atoms with Gasteiger partial charge in [0.2, 0.25) is 0 Å². The number of nitrogens with zero attached hydrogens (tertiary/aromatic N) is 3. The lowest BCUT2D eigenvalue weighted by Gasteiger charge is -2.21. The lowest BCUT2D eigenvalue weighted by Crippen LogP contribution is -2.37. The van der Waals surface area contributed by atoms with E-state index < -0.39 is 0 Å². The number of hydrogen-bond donors (Lipinski definition) is 1. The fraction of sp³-hybridized carbons (Fsp3) is 0.500. The quantitative estimate of drug-likeness (QED) is 0.890. The summed E-state index contributed by atoms with van der Waals surface area (Å²) in [7, 11) is 0. The maximum atomic E-state index is 13.0. The Kier molecular flexibility index (Phi) is 3.81.